The first-order chi connectivity index (χ1) is 9.76. The van der Waals surface area contributed by atoms with Gasteiger partial charge in [-0.2, -0.15) is 0 Å². The van der Waals surface area contributed by atoms with Crippen molar-refractivity contribution in [2.75, 3.05) is 13.7 Å². The molecule has 4 unspecified atom stereocenters. The van der Waals surface area contributed by atoms with Gasteiger partial charge < -0.3 is 29.5 Å². The molecule has 0 saturated carbocycles. The maximum atomic E-state index is 10.2. The van der Waals surface area contributed by atoms with E-state index in [-0.39, 0.29) is 24.7 Å². The fraction of sp³-hybridized carbons (Fsp3) is 0.867. The SMILES string of the molecule is CCC(C)C(O)C(OC)OC1=C(CO)OC(C)(C)C(O)C1. The summed E-state index contributed by atoms with van der Waals surface area (Å²) in [4.78, 5) is 0. The van der Waals surface area contributed by atoms with Crippen LogP contribution in [0.3, 0.4) is 0 Å². The number of hydrogen-bond acceptors (Lipinski definition) is 6. The van der Waals surface area contributed by atoms with Crippen LogP contribution in [0.15, 0.2) is 11.5 Å². The Hall–Kier alpha value is -0.820. The maximum Gasteiger partial charge on any atom is 0.225 e. The molecule has 3 N–H and O–H groups in total. The average Bonchev–Trinajstić information content (AvgIpc) is 2.46. The van der Waals surface area contributed by atoms with Gasteiger partial charge in [-0.25, -0.2) is 0 Å². The van der Waals surface area contributed by atoms with Crippen LogP contribution in [0.5, 0.6) is 0 Å². The van der Waals surface area contributed by atoms with Crippen LogP contribution >= 0.6 is 0 Å². The third-order valence-electron chi connectivity index (χ3n) is 4.02. The number of aliphatic hydroxyl groups is 3. The Balaban J connectivity index is 2.89. The van der Waals surface area contributed by atoms with Crippen LogP contribution in [-0.4, -0.2) is 53.1 Å². The summed E-state index contributed by atoms with van der Waals surface area (Å²) in [7, 11) is 1.44. The molecule has 6 heteroatoms. The molecule has 0 aliphatic carbocycles. The zero-order valence-electron chi connectivity index (χ0n) is 13.5. The molecule has 1 rings (SSSR count). The van der Waals surface area contributed by atoms with Gasteiger partial charge in [0.25, 0.3) is 0 Å². The fourth-order valence-corrected chi connectivity index (χ4v) is 2.12. The van der Waals surface area contributed by atoms with Crippen molar-refractivity contribution < 1.29 is 29.5 Å². The van der Waals surface area contributed by atoms with E-state index in [9.17, 15) is 15.3 Å². The van der Waals surface area contributed by atoms with Crippen molar-refractivity contribution in [2.24, 2.45) is 5.92 Å². The molecular weight excluding hydrogens is 276 g/mol. The molecule has 6 nitrogen and oxygen atoms in total. The molecule has 0 fully saturated rings. The highest BCUT2D eigenvalue weighted by Gasteiger charge is 2.39. The second-order valence-corrected chi connectivity index (χ2v) is 6.03. The molecule has 0 saturated heterocycles. The van der Waals surface area contributed by atoms with Crippen molar-refractivity contribution in [1.82, 2.24) is 0 Å². The van der Waals surface area contributed by atoms with E-state index in [4.69, 9.17) is 14.2 Å². The normalized spacial score (nSPS) is 26.0. The van der Waals surface area contributed by atoms with E-state index in [1.165, 1.54) is 7.11 Å². The number of methoxy groups -OCH3 is 1. The molecule has 0 bridgehead atoms. The van der Waals surface area contributed by atoms with E-state index >= 15 is 0 Å². The van der Waals surface area contributed by atoms with E-state index in [1.807, 2.05) is 13.8 Å². The van der Waals surface area contributed by atoms with Gasteiger partial charge in [0, 0.05) is 13.5 Å². The van der Waals surface area contributed by atoms with Crippen molar-refractivity contribution in [1.29, 1.82) is 0 Å². The largest absolute Gasteiger partial charge is 0.484 e. The van der Waals surface area contributed by atoms with Gasteiger partial charge in [0.05, 0.1) is 0 Å². The van der Waals surface area contributed by atoms with Crippen LogP contribution in [0.4, 0.5) is 0 Å². The number of ether oxygens (including phenoxy) is 3. The second kappa shape index (κ2) is 7.45. The predicted molar refractivity (Wildman–Crippen MR) is 77.2 cm³/mol. The molecule has 0 aromatic carbocycles. The summed E-state index contributed by atoms with van der Waals surface area (Å²) in [5, 5.41) is 29.7. The van der Waals surface area contributed by atoms with E-state index in [2.05, 4.69) is 0 Å². The molecule has 4 atom stereocenters. The van der Waals surface area contributed by atoms with Crippen LogP contribution in [0.1, 0.15) is 40.5 Å². The number of hydrogen-bond donors (Lipinski definition) is 3. The van der Waals surface area contributed by atoms with Crippen LogP contribution in [-0.2, 0) is 14.2 Å². The summed E-state index contributed by atoms with van der Waals surface area (Å²) < 4.78 is 16.4. The van der Waals surface area contributed by atoms with Gasteiger partial charge >= 0.3 is 0 Å². The fourth-order valence-electron chi connectivity index (χ4n) is 2.12. The van der Waals surface area contributed by atoms with Gasteiger partial charge in [-0.3, -0.25) is 0 Å². The minimum atomic E-state index is -0.867. The quantitative estimate of drug-likeness (QED) is 0.611. The smallest absolute Gasteiger partial charge is 0.225 e. The third kappa shape index (κ3) is 4.32. The van der Waals surface area contributed by atoms with E-state index in [1.54, 1.807) is 13.8 Å². The lowest BCUT2D eigenvalue weighted by Crippen LogP contribution is -2.44. The monoisotopic (exact) mass is 304 g/mol. The number of rotatable bonds is 7. The Bertz CT molecular complexity index is 365. The predicted octanol–water partition coefficient (Wildman–Crippen LogP) is 1.15. The minimum absolute atomic E-state index is 0.000926. The molecule has 0 radical (unpaired) electrons. The van der Waals surface area contributed by atoms with Gasteiger partial charge in [0.1, 0.15) is 30.2 Å². The molecule has 0 aromatic rings. The summed E-state index contributed by atoms with van der Waals surface area (Å²) in [5.41, 5.74) is -0.789. The second-order valence-electron chi connectivity index (χ2n) is 6.03. The summed E-state index contributed by atoms with van der Waals surface area (Å²) in [6.45, 7) is 7.02. The standard InChI is InChI=1S/C15H28O6/c1-6-9(2)13(18)14(19-5)20-10-7-12(17)15(3,4)21-11(10)8-16/h9,12-14,16-18H,6-8H2,1-5H3. The van der Waals surface area contributed by atoms with Gasteiger partial charge in [-0.05, 0) is 19.8 Å². The molecule has 1 aliphatic rings. The molecule has 0 amide bonds. The van der Waals surface area contributed by atoms with Crippen molar-refractivity contribution in [3.05, 3.63) is 11.5 Å². The lowest BCUT2D eigenvalue weighted by molar-refractivity contribution is -0.188. The van der Waals surface area contributed by atoms with E-state index in [0.29, 0.717) is 5.76 Å². The Kier molecular flexibility index (Phi) is 6.46. The van der Waals surface area contributed by atoms with Crippen molar-refractivity contribution in [2.45, 2.75) is 64.6 Å². The minimum Gasteiger partial charge on any atom is -0.484 e. The highest BCUT2D eigenvalue weighted by Crippen LogP contribution is 2.33. The summed E-state index contributed by atoms with van der Waals surface area (Å²) >= 11 is 0. The van der Waals surface area contributed by atoms with Crippen molar-refractivity contribution in [3.8, 4) is 0 Å². The maximum absolute atomic E-state index is 10.2. The summed E-state index contributed by atoms with van der Waals surface area (Å²) in [5.74, 6) is 0.584. The number of aliphatic hydroxyl groups excluding tert-OH is 3. The molecule has 124 valence electrons. The lowest BCUT2D eigenvalue weighted by atomic mass is 9.94. The zero-order chi connectivity index (χ0) is 16.2. The van der Waals surface area contributed by atoms with Gasteiger partial charge in [0.15, 0.2) is 5.76 Å². The van der Waals surface area contributed by atoms with Crippen LogP contribution in [0.2, 0.25) is 0 Å². The Morgan fingerprint density at radius 1 is 1.43 bits per heavy atom. The van der Waals surface area contributed by atoms with Crippen LogP contribution in [0, 0.1) is 5.92 Å². The van der Waals surface area contributed by atoms with Crippen molar-refractivity contribution >= 4 is 0 Å². The Morgan fingerprint density at radius 3 is 2.52 bits per heavy atom. The first-order valence-electron chi connectivity index (χ1n) is 7.34. The topological polar surface area (TPSA) is 88.4 Å². The van der Waals surface area contributed by atoms with Crippen molar-refractivity contribution in [3.63, 3.8) is 0 Å². The first kappa shape index (κ1) is 18.2. The van der Waals surface area contributed by atoms with E-state index in [0.717, 1.165) is 6.42 Å². The van der Waals surface area contributed by atoms with Gasteiger partial charge in [0.2, 0.25) is 6.29 Å². The Morgan fingerprint density at radius 2 is 2.05 bits per heavy atom. The average molecular weight is 304 g/mol. The first-order valence-corrected chi connectivity index (χ1v) is 7.34. The Labute approximate surface area is 126 Å². The van der Waals surface area contributed by atoms with Gasteiger partial charge in [-0.1, -0.05) is 20.3 Å². The van der Waals surface area contributed by atoms with E-state index < -0.39 is 24.1 Å². The molecule has 0 spiro atoms. The molecule has 1 aliphatic heterocycles. The highest BCUT2D eigenvalue weighted by atomic mass is 16.7. The summed E-state index contributed by atoms with van der Waals surface area (Å²) in [6.07, 6.45) is -1.45. The highest BCUT2D eigenvalue weighted by molar-refractivity contribution is 5.11. The molecule has 1 heterocycles. The molecule has 21 heavy (non-hydrogen) atoms. The zero-order valence-corrected chi connectivity index (χ0v) is 13.5. The third-order valence-corrected chi connectivity index (χ3v) is 4.02. The van der Waals surface area contributed by atoms with Crippen LogP contribution in [0.25, 0.3) is 0 Å². The molecule has 0 aromatic heterocycles. The van der Waals surface area contributed by atoms with Crippen LogP contribution < -0.4 is 0 Å². The molecular formula is C15H28O6. The summed E-state index contributed by atoms with van der Waals surface area (Å²) in [6, 6.07) is 0. The van der Waals surface area contributed by atoms with Gasteiger partial charge in [-0.15, -0.1) is 0 Å². The lowest BCUT2D eigenvalue weighted by Gasteiger charge is -2.39.